The van der Waals surface area contributed by atoms with Crippen LogP contribution in [0.25, 0.3) is 0 Å². The number of methoxy groups -OCH3 is 1. The lowest BCUT2D eigenvalue weighted by molar-refractivity contribution is 0.267. The highest BCUT2D eigenvalue weighted by atomic mass is 79.9. The molecule has 31 heavy (non-hydrogen) atoms. The topological polar surface area (TPSA) is 39.7 Å². The van der Waals surface area contributed by atoms with E-state index in [2.05, 4.69) is 21.2 Å². The molecular weight excluding hydrogens is 508 g/mol. The van der Waals surface area contributed by atoms with Crippen LogP contribution in [0.3, 0.4) is 0 Å². The van der Waals surface area contributed by atoms with Gasteiger partial charge in [0.2, 0.25) is 0 Å². The molecule has 8 heteroatoms. The van der Waals surface area contributed by atoms with Crippen molar-refractivity contribution in [3.05, 3.63) is 80.0 Å². The molecule has 3 rings (SSSR count). The van der Waals surface area contributed by atoms with E-state index in [0.29, 0.717) is 46.0 Å². The molecule has 3 aromatic rings. The van der Waals surface area contributed by atoms with E-state index in [4.69, 9.17) is 37.4 Å². The van der Waals surface area contributed by atoms with Gasteiger partial charge in [-0.05, 0) is 70.9 Å². The van der Waals surface area contributed by atoms with Crippen molar-refractivity contribution in [1.82, 2.24) is 0 Å². The predicted molar refractivity (Wildman–Crippen MR) is 126 cm³/mol. The minimum absolute atomic E-state index is 0.180. The summed E-state index contributed by atoms with van der Waals surface area (Å²) < 4.78 is 30.9. The molecular formula is C23H21BrCl2FNO3. The molecule has 0 radical (unpaired) electrons. The minimum Gasteiger partial charge on any atom is -0.495 e. The van der Waals surface area contributed by atoms with E-state index in [1.54, 1.807) is 13.2 Å². The molecule has 0 aliphatic heterocycles. The number of ether oxygens (including phenoxy) is 3. The highest BCUT2D eigenvalue weighted by molar-refractivity contribution is 9.10. The first kappa shape index (κ1) is 23.5. The Balaban J connectivity index is 1.75. The number of anilines is 1. The lowest BCUT2D eigenvalue weighted by Crippen LogP contribution is -2.04. The molecule has 0 atom stereocenters. The standard InChI is InChI=1S/C23H21BrCl2FNO3/c1-3-30-22-9-14(12-28-17-6-7-21(29-2)20(26)11-17)8-18(24)23(22)31-13-15-4-5-16(27)10-19(15)25/h4-11,28H,3,12-13H2,1-2H3. The maximum absolute atomic E-state index is 13.3. The molecule has 0 heterocycles. The van der Waals surface area contributed by atoms with E-state index in [9.17, 15) is 4.39 Å². The van der Waals surface area contributed by atoms with E-state index in [0.717, 1.165) is 15.7 Å². The molecule has 0 aromatic heterocycles. The molecule has 0 bridgehead atoms. The number of halogens is 4. The molecule has 0 spiro atoms. The average molecular weight is 529 g/mol. The van der Waals surface area contributed by atoms with Crippen molar-refractivity contribution in [2.45, 2.75) is 20.1 Å². The van der Waals surface area contributed by atoms with Gasteiger partial charge in [0.25, 0.3) is 0 Å². The smallest absolute Gasteiger partial charge is 0.175 e. The summed E-state index contributed by atoms with van der Waals surface area (Å²) in [5, 5.41) is 4.18. The summed E-state index contributed by atoms with van der Waals surface area (Å²) in [6.07, 6.45) is 0. The van der Waals surface area contributed by atoms with Crippen molar-refractivity contribution in [2.75, 3.05) is 19.0 Å². The molecule has 0 aliphatic rings. The molecule has 0 aliphatic carbocycles. The van der Waals surface area contributed by atoms with Crippen LogP contribution in [-0.2, 0) is 13.2 Å². The molecule has 4 nitrogen and oxygen atoms in total. The summed E-state index contributed by atoms with van der Waals surface area (Å²) >= 11 is 15.9. The van der Waals surface area contributed by atoms with Gasteiger partial charge in [-0.2, -0.15) is 0 Å². The largest absolute Gasteiger partial charge is 0.495 e. The minimum atomic E-state index is -0.389. The van der Waals surface area contributed by atoms with Gasteiger partial charge in [-0.1, -0.05) is 29.3 Å². The van der Waals surface area contributed by atoms with E-state index in [-0.39, 0.29) is 12.4 Å². The zero-order valence-electron chi connectivity index (χ0n) is 17.0. The van der Waals surface area contributed by atoms with Crippen molar-refractivity contribution >= 4 is 44.8 Å². The Morgan fingerprint density at radius 2 is 1.77 bits per heavy atom. The van der Waals surface area contributed by atoms with Crippen LogP contribution in [0.1, 0.15) is 18.1 Å². The molecule has 0 saturated carbocycles. The first-order chi connectivity index (χ1) is 14.9. The van der Waals surface area contributed by atoms with Gasteiger partial charge in [0.05, 0.1) is 28.2 Å². The van der Waals surface area contributed by atoms with E-state index < -0.39 is 0 Å². The van der Waals surface area contributed by atoms with Crippen LogP contribution in [0.2, 0.25) is 10.0 Å². The zero-order chi connectivity index (χ0) is 22.4. The van der Waals surface area contributed by atoms with Gasteiger partial charge in [0.1, 0.15) is 18.2 Å². The fourth-order valence-corrected chi connectivity index (χ4v) is 3.98. The monoisotopic (exact) mass is 527 g/mol. The summed E-state index contributed by atoms with van der Waals surface area (Å²) in [5.41, 5.74) is 2.53. The third-order valence-electron chi connectivity index (χ3n) is 4.40. The van der Waals surface area contributed by atoms with Gasteiger partial charge in [0.15, 0.2) is 11.5 Å². The Bertz CT molecular complexity index is 1070. The molecule has 1 N–H and O–H groups in total. The third kappa shape index (κ3) is 6.19. The second-order valence-corrected chi connectivity index (χ2v) is 8.23. The second kappa shape index (κ2) is 10.9. The van der Waals surface area contributed by atoms with Crippen LogP contribution in [0.4, 0.5) is 10.1 Å². The van der Waals surface area contributed by atoms with Crippen LogP contribution >= 0.6 is 39.1 Å². The van der Waals surface area contributed by atoms with Crippen molar-refractivity contribution in [3.8, 4) is 17.2 Å². The highest BCUT2D eigenvalue weighted by Crippen LogP contribution is 2.38. The van der Waals surface area contributed by atoms with Crippen molar-refractivity contribution in [2.24, 2.45) is 0 Å². The van der Waals surface area contributed by atoms with Crippen LogP contribution in [0.15, 0.2) is 53.0 Å². The van der Waals surface area contributed by atoms with Crippen LogP contribution in [0, 0.1) is 5.82 Å². The lowest BCUT2D eigenvalue weighted by atomic mass is 10.2. The third-order valence-corrected chi connectivity index (χ3v) is 5.64. The van der Waals surface area contributed by atoms with Crippen molar-refractivity contribution in [3.63, 3.8) is 0 Å². The predicted octanol–water partition coefficient (Wildman–Crippen LogP) is 7.49. The number of hydrogen-bond acceptors (Lipinski definition) is 4. The maximum Gasteiger partial charge on any atom is 0.175 e. The molecule has 3 aromatic carbocycles. The summed E-state index contributed by atoms with van der Waals surface area (Å²) in [5.74, 6) is 1.38. The number of rotatable bonds is 9. The van der Waals surface area contributed by atoms with Crippen LogP contribution in [0.5, 0.6) is 17.2 Å². The molecule has 0 saturated heterocycles. The summed E-state index contributed by atoms with van der Waals surface area (Å²) in [7, 11) is 1.58. The average Bonchev–Trinajstić information content (AvgIpc) is 2.73. The fourth-order valence-electron chi connectivity index (χ4n) is 2.90. The first-order valence-electron chi connectivity index (χ1n) is 9.50. The lowest BCUT2D eigenvalue weighted by Gasteiger charge is -2.17. The first-order valence-corrected chi connectivity index (χ1v) is 11.1. The Labute approximate surface area is 199 Å². The van der Waals surface area contributed by atoms with Gasteiger partial charge in [-0.25, -0.2) is 4.39 Å². The van der Waals surface area contributed by atoms with Gasteiger partial charge in [0, 0.05) is 17.8 Å². The Morgan fingerprint density at radius 3 is 2.45 bits per heavy atom. The fraction of sp³-hybridized carbons (Fsp3) is 0.217. The maximum atomic E-state index is 13.3. The number of nitrogens with one attached hydrogen (secondary N) is 1. The summed E-state index contributed by atoms with van der Waals surface area (Å²) in [6.45, 7) is 3.11. The van der Waals surface area contributed by atoms with Crippen molar-refractivity contribution in [1.29, 1.82) is 0 Å². The Hall–Kier alpha value is -2.15. The molecule has 0 unspecified atom stereocenters. The number of hydrogen-bond donors (Lipinski definition) is 1. The zero-order valence-corrected chi connectivity index (χ0v) is 20.1. The molecule has 0 amide bonds. The Morgan fingerprint density at radius 1 is 0.968 bits per heavy atom. The SMILES string of the molecule is CCOc1cc(CNc2ccc(OC)c(Cl)c2)cc(Br)c1OCc1ccc(F)cc1Cl. The van der Waals surface area contributed by atoms with Gasteiger partial charge in [-0.15, -0.1) is 0 Å². The number of benzene rings is 3. The van der Waals surface area contributed by atoms with Crippen LogP contribution < -0.4 is 19.5 Å². The van der Waals surface area contributed by atoms with Gasteiger partial charge in [-0.3, -0.25) is 0 Å². The van der Waals surface area contributed by atoms with Crippen molar-refractivity contribution < 1.29 is 18.6 Å². The molecule has 164 valence electrons. The summed E-state index contributed by atoms with van der Waals surface area (Å²) in [4.78, 5) is 0. The van der Waals surface area contributed by atoms with Crippen LogP contribution in [-0.4, -0.2) is 13.7 Å². The normalized spacial score (nSPS) is 10.6. The van der Waals surface area contributed by atoms with Gasteiger partial charge < -0.3 is 19.5 Å². The Kier molecular flexibility index (Phi) is 8.29. The van der Waals surface area contributed by atoms with Gasteiger partial charge >= 0.3 is 0 Å². The van der Waals surface area contributed by atoms with E-state index >= 15 is 0 Å². The molecule has 0 fully saturated rings. The van der Waals surface area contributed by atoms with E-state index in [1.165, 1.54) is 12.1 Å². The second-order valence-electron chi connectivity index (χ2n) is 6.57. The van der Waals surface area contributed by atoms with E-state index in [1.807, 2.05) is 37.3 Å². The quantitative estimate of drug-likeness (QED) is 0.312. The highest BCUT2D eigenvalue weighted by Gasteiger charge is 2.14. The summed E-state index contributed by atoms with van der Waals surface area (Å²) in [6, 6.07) is 13.6.